The molecular weight excluding hydrogens is 848 g/mol. The van der Waals surface area contributed by atoms with E-state index in [1.807, 2.05) is 0 Å². The molecule has 7 heterocycles. The van der Waals surface area contributed by atoms with Gasteiger partial charge in [-0.3, -0.25) is 82.4 Å². The van der Waals surface area contributed by atoms with Gasteiger partial charge in [-0.05, 0) is 66.7 Å². The maximum atomic E-state index is 13.1. The van der Waals surface area contributed by atoms with Gasteiger partial charge in [-0.1, -0.05) is 17.7 Å². The molecule has 0 aliphatic carbocycles. The Balaban J connectivity index is 0.000000131. The fourth-order valence-corrected chi connectivity index (χ4v) is 6.58. The molecule has 20 heteroatoms. The lowest BCUT2D eigenvalue weighted by Gasteiger charge is -2.02. The van der Waals surface area contributed by atoms with E-state index in [4.69, 9.17) is 11.6 Å². The summed E-state index contributed by atoms with van der Waals surface area (Å²) in [4.78, 5) is 126. The Morgan fingerprint density at radius 3 is 1.46 bits per heavy atom. The molecule has 63 heavy (non-hydrogen) atoms. The molecule has 0 fully saturated rings. The molecule has 5 aliphatic rings. The summed E-state index contributed by atoms with van der Waals surface area (Å²) in [5.74, 6) is -4.66. The van der Waals surface area contributed by atoms with Gasteiger partial charge in [0.05, 0.1) is 50.1 Å². The highest BCUT2D eigenvalue weighted by Gasteiger charge is 2.37. The van der Waals surface area contributed by atoms with Gasteiger partial charge in [0.15, 0.2) is 0 Å². The standard InChI is InChI=1S/C9H6ClNO2.2C9H6FNO2.2C8H6N2O2/c2*1-11-8(12)6-3-2-5(10)4-7(6)9(11)13;1-11-8(12)5-3-2-4-6(10)7(5)9(11)13;1-10-7(11)5-2-3-9-4-6(5)8(10)12;1-10-7(11)5-3-2-4-9-6(5)8(10)12/h3*2-4H,1H3;2*2-4H,1H3. The molecule has 2 aromatic heterocycles. The molecule has 0 spiro atoms. The van der Waals surface area contributed by atoms with Crippen molar-refractivity contribution in [2.75, 3.05) is 35.2 Å². The van der Waals surface area contributed by atoms with E-state index >= 15 is 0 Å². The van der Waals surface area contributed by atoms with Gasteiger partial charge in [-0.15, -0.1) is 0 Å². The molecule has 17 nitrogen and oxygen atoms in total. The summed E-state index contributed by atoms with van der Waals surface area (Å²) in [5, 5.41) is 0.468. The van der Waals surface area contributed by atoms with E-state index in [0.717, 1.165) is 30.6 Å². The Morgan fingerprint density at radius 2 is 0.889 bits per heavy atom. The molecule has 5 aromatic rings. The van der Waals surface area contributed by atoms with Crippen molar-refractivity contribution in [2.24, 2.45) is 0 Å². The van der Waals surface area contributed by atoms with Crippen LogP contribution >= 0.6 is 11.6 Å². The van der Waals surface area contributed by atoms with Crippen molar-refractivity contribution in [1.29, 1.82) is 0 Å². The highest BCUT2D eigenvalue weighted by Crippen LogP contribution is 2.26. The van der Waals surface area contributed by atoms with Crippen LogP contribution in [0.15, 0.2) is 91.4 Å². The molecule has 0 bridgehead atoms. The second-order valence-electron chi connectivity index (χ2n) is 13.7. The van der Waals surface area contributed by atoms with Crippen LogP contribution in [0.1, 0.15) is 104 Å². The molecule has 0 unspecified atom stereocenters. The van der Waals surface area contributed by atoms with Crippen LogP contribution in [0.25, 0.3) is 0 Å². The Morgan fingerprint density at radius 1 is 0.429 bits per heavy atom. The minimum atomic E-state index is -0.639. The van der Waals surface area contributed by atoms with Crippen molar-refractivity contribution in [3.63, 3.8) is 0 Å². The molecule has 0 saturated carbocycles. The number of halogens is 3. The number of imide groups is 5. The van der Waals surface area contributed by atoms with Crippen LogP contribution in [0, 0.1) is 11.6 Å². The normalized spacial score (nSPS) is 15.1. The van der Waals surface area contributed by atoms with Crippen molar-refractivity contribution in [3.8, 4) is 0 Å². The summed E-state index contributed by atoms with van der Waals surface area (Å²) in [6.45, 7) is 0. The maximum absolute atomic E-state index is 13.1. The SMILES string of the molecule is CN1C(=O)c2ccc(Cl)cc2C1=O.CN1C(=O)c2ccc(F)cc2C1=O.CN1C(=O)c2cccc(F)c2C1=O.CN1C(=O)c2cccnc2C1=O.CN1C(=O)c2ccncc2C1=O. The fraction of sp³-hybridized carbons (Fsp3) is 0.116. The number of hydrogen-bond donors (Lipinski definition) is 0. The van der Waals surface area contributed by atoms with Crippen LogP contribution in [-0.2, 0) is 0 Å². The number of hydrogen-bond acceptors (Lipinski definition) is 12. The summed E-state index contributed by atoms with van der Waals surface area (Å²) >= 11 is 5.70. The van der Waals surface area contributed by atoms with Gasteiger partial charge >= 0.3 is 0 Å². The Kier molecular flexibility index (Phi) is 12.3. The Labute approximate surface area is 360 Å². The van der Waals surface area contributed by atoms with E-state index < -0.39 is 29.4 Å². The van der Waals surface area contributed by atoms with Crippen LogP contribution in [0.5, 0.6) is 0 Å². The van der Waals surface area contributed by atoms with Crippen LogP contribution in [0.2, 0.25) is 5.02 Å². The van der Waals surface area contributed by atoms with Gasteiger partial charge in [0.1, 0.15) is 17.3 Å². The zero-order valence-electron chi connectivity index (χ0n) is 33.5. The van der Waals surface area contributed by atoms with Crippen molar-refractivity contribution < 1.29 is 56.7 Å². The van der Waals surface area contributed by atoms with Crippen molar-refractivity contribution in [3.05, 3.63) is 164 Å². The summed E-state index contributed by atoms with van der Waals surface area (Å²) in [6.07, 6.45) is 4.42. The van der Waals surface area contributed by atoms with Gasteiger partial charge in [-0.25, -0.2) is 8.78 Å². The average molecular weight is 878 g/mol. The zero-order valence-corrected chi connectivity index (χ0v) is 34.3. The average Bonchev–Trinajstić information content (AvgIpc) is 3.90. The van der Waals surface area contributed by atoms with Gasteiger partial charge in [0.2, 0.25) is 0 Å². The van der Waals surface area contributed by atoms with E-state index in [0.29, 0.717) is 32.8 Å². The first-order valence-corrected chi connectivity index (χ1v) is 18.5. The number of aromatic nitrogens is 2. The highest BCUT2D eigenvalue weighted by atomic mass is 35.5. The summed E-state index contributed by atoms with van der Waals surface area (Å²) < 4.78 is 25.8. The molecule has 10 rings (SSSR count). The third-order valence-electron chi connectivity index (χ3n) is 9.91. The molecule has 10 amide bonds. The minimum absolute atomic E-state index is 0.116. The predicted molar refractivity (Wildman–Crippen MR) is 215 cm³/mol. The number of amides is 10. The second kappa shape index (κ2) is 17.4. The quantitative estimate of drug-likeness (QED) is 0.200. The van der Waals surface area contributed by atoms with E-state index in [1.54, 1.807) is 30.3 Å². The topological polar surface area (TPSA) is 213 Å². The van der Waals surface area contributed by atoms with Gasteiger partial charge in [0, 0.05) is 58.9 Å². The first-order chi connectivity index (χ1) is 29.8. The lowest BCUT2D eigenvalue weighted by Crippen LogP contribution is -2.24. The number of pyridine rings is 2. The molecule has 0 saturated heterocycles. The molecule has 5 aliphatic heterocycles. The third-order valence-corrected chi connectivity index (χ3v) is 10.1. The van der Waals surface area contributed by atoms with Crippen molar-refractivity contribution in [2.45, 2.75) is 0 Å². The second-order valence-corrected chi connectivity index (χ2v) is 14.1. The van der Waals surface area contributed by atoms with Crippen LogP contribution in [0.3, 0.4) is 0 Å². The number of fused-ring (bicyclic) bond motifs is 5. The molecule has 0 atom stereocenters. The number of rotatable bonds is 0. The number of carbonyl (C=O) groups excluding carboxylic acids is 10. The Bertz CT molecular complexity index is 2660. The van der Waals surface area contributed by atoms with Crippen LogP contribution < -0.4 is 0 Å². The van der Waals surface area contributed by atoms with Crippen LogP contribution in [0.4, 0.5) is 8.78 Å². The lowest BCUT2D eigenvalue weighted by molar-refractivity contribution is 0.0676. The van der Waals surface area contributed by atoms with E-state index in [9.17, 15) is 56.7 Å². The smallest absolute Gasteiger partial charge is 0.277 e. The van der Waals surface area contributed by atoms with E-state index in [2.05, 4.69) is 9.97 Å². The minimum Gasteiger partial charge on any atom is -0.277 e. The molecule has 0 radical (unpaired) electrons. The molecule has 0 N–H and O–H groups in total. The first-order valence-electron chi connectivity index (χ1n) is 18.2. The number of benzene rings is 3. The summed E-state index contributed by atoms with van der Waals surface area (Å²) in [6, 6.07) is 17.1. The molecular formula is C43H30ClF2N7O10. The molecule has 3 aromatic carbocycles. The lowest BCUT2D eigenvalue weighted by atomic mass is 10.1. The number of nitrogens with zero attached hydrogens (tertiary/aromatic N) is 7. The van der Waals surface area contributed by atoms with Crippen molar-refractivity contribution >= 4 is 70.7 Å². The van der Waals surface area contributed by atoms with Gasteiger partial charge in [-0.2, -0.15) is 0 Å². The van der Waals surface area contributed by atoms with E-state index in [1.165, 1.54) is 90.2 Å². The van der Waals surface area contributed by atoms with E-state index in [-0.39, 0.29) is 69.3 Å². The Hall–Kier alpha value is -8.19. The van der Waals surface area contributed by atoms with Gasteiger partial charge in [0.25, 0.3) is 59.1 Å². The number of carbonyl (C=O) groups is 10. The monoisotopic (exact) mass is 877 g/mol. The maximum Gasteiger partial charge on any atom is 0.279 e. The summed E-state index contributed by atoms with van der Waals surface area (Å²) in [5.41, 5.74) is 2.75. The third kappa shape index (κ3) is 8.07. The zero-order chi connectivity index (χ0) is 46.2. The largest absolute Gasteiger partial charge is 0.279 e. The molecule has 318 valence electrons. The predicted octanol–water partition coefficient (Wildman–Crippen LogP) is 4.28. The van der Waals surface area contributed by atoms with Crippen molar-refractivity contribution in [1.82, 2.24) is 34.5 Å². The van der Waals surface area contributed by atoms with Gasteiger partial charge < -0.3 is 0 Å². The highest BCUT2D eigenvalue weighted by molar-refractivity contribution is 6.32. The fourth-order valence-electron chi connectivity index (χ4n) is 6.41. The van der Waals surface area contributed by atoms with Crippen LogP contribution in [-0.4, -0.2) is 129 Å². The summed E-state index contributed by atoms with van der Waals surface area (Å²) in [7, 11) is 7.09. The first kappa shape index (κ1) is 44.4.